The topological polar surface area (TPSA) is 294 Å². The monoisotopic (exact) mass is 632 g/mol. The summed E-state index contributed by atoms with van der Waals surface area (Å²) < 4.78 is 47.2. The number of hydrogen-bond donors (Lipinski definition) is 9. The van der Waals surface area contributed by atoms with Crippen LogP contribution < -0.4 is 15.0 Å². The Hall–Kier alpha value is -3.82. The van der Waals surface area contributed by atoms with Crippen molar-refractivity contribution in [3.8, 4) is 11.5 Å². The van der Waals surface area contributed by atoms with Crippen LogP contribution in [0.2, 0.25) is 0 Å². The molecular weight excluding hydrogens is 604 g/mol. The first-order chi connectivity index (χ1) is 20.1. The van der Waals surface area contributed by atoms with Crippen LogP contribution in [-0.2, 0) is 40.1 Å². The summed E-state index contributed by atoms with van der Waals surface area (Å²) in [6.45, 7) is -1.05. The van der Waals surface area contributed by atoms with E-state index in [9.17, 15) is 63.1 Å². The van der Waals surface area contributed by atoms with E-state index in [2.05, 4.69) is 9.50 Å². The number of aliphatic hydroxyl groups is 3. The van der Waals surface area contributed by atoms with Crippen molar-refractivity contribution >= 4 is 34.0 Å². The lowest BCUT2D eigenvalue weighted by Crippen LogP contribution is -3.11. The molecule has 0 spiro atoms. The number of aliphatic carboxylic acids is 3. The molecule has 236 valence electrons. The maximum atomic E-state index is 12.1. The number of fused-ring (bicyclic) bond motifs is 1. The molecule has 0 amide bonds. The molecule has 0 radical (unpaired) electrons. The molecular formula is C24H28N2O16S. The van der Waals surface area contributed by atoms with Gasteiger partial charge in [0.05, 0.1) is 6.61 Å². The van der Waals surface area contributed by atoms with E-state index in [0.717, 1.165) is 0 Å². The normalized spacial score (nSPS) is 31.5. The van der Waals surface area contributed by atoms with E-state index in [4.69, 9.17) is 9.47 Å². The number of aliphatic hydroxyl groups excluding tert-OH is 3. The fourth-order valence-corrected chi connectivity index (χ4v) is 5.34. The molecule has 0 saturated carbocycles. The van der Waals surface area contributed by atoms with Crippen molar-refractivity contribution in [1.29, 1.82) is 0 Å². The molecule has 1 unspecified atom stereocenters. The zero-order valence-electron chi connectivity index (χ0n) is 21.9. The fraction of sp³-hybridized carbons (Fsp3) is 0.458. The van der Waals surface area contributed by atoms with Crippen molar-refractivity contribution in [2.45, 2.75) is 55.6 Å². The van der Waals surface area contributed by atoms with Crippen molar-refractivity contribution in [2.24, 2.45) is 0 Å². The molecule has 8 atom stereocenters. The average molecular weight is 633 g/mol. The molecule has 9 N–H and O–H groups in total. The number of allylic oxidation sites excluding steroid dienone is 1. The Morgan fingerprint density at radius 1 is 1.07 bits per heavy atom. The summed E-state index contributed by atoms with van der Waals surface area (Å²) in [6, 6.07) is 0.156. The summed E-state index contributed by atoms with van der Waals surface area (Å²) in [5.74, 6) is -4.74. The first-order valence-electron chi connectivity index (χ1n) is 12.6. The van der Waals surface area contributed by atoms with E-state index < -0.39 is 83.5 Å². The Bertz CT molecular complexity index is 1460. The third kappa shape index (κ3) is 7.22. The van der Waals surface area contributed by atoms with Crippen LogP contribution in [-0.4, -0.2) is 123 Å². The maximum absolute atomic E-state index is 12.1. The van der Waals surface area contributed by atoms with Crippen LogP contribution in [0.3, 0.4) is 0 Å². The van der Waals surface area contributed by atoms with Crippen molar-refractivity contribution in [3.63, 3.8) is 0 Å². The third-order valence-electron chi connectivity index (χ3n) is 7.17. The number of benzene rings is 1. The number of carbonyl (C=O) groups is 3. The van der Waals surface area contributed by atoms with Gasteiger partial charge in [-0.1, -0.05) is 0 Å². The van der Waals surface area contributed by atoms with E-state index in [0.29, 0.717) is 21.7 Å². The van der Waals surface area contributed by atoms with Crippen molar-refractivity contribution in [3.05, 3.63) is 41.1 Å². The standard InChI is InChI=1S/C24H28N2O16S/c27-15-7-13-10(6-16(15)41-24-20(30)19(29)18(28)17(42-24)8-40-43(37,38)39)5-14(23(35)36)26(13)2-1-9-3-11(21(31)32)25-12(4-9)22(33)34/h1,3,6-7,12,14,17-20,24-25,27-30H,2,4-5,8H2,(H,31,32)(H,33,34)(H,35,36)(H,37,38,39)/t12-,14+,17-,18-,19+,20-,24+/m1/s1. The van der Waals surface area contributed by atoms with Crippen LogP contribution in [0.25, 0.3) is 0 Å². The highest BCUT2D eigenvalue weighted by atomic mass is 32.3. The Morgan fingerprint density at radius 2 is 1.77 bits per heavy atom. The van der Waals surface area contributed by atoms with Gasteiger partial charge in [0, 0.05) is 24.5 Å². The second kappa shape index (κ2) is 12.4. The highest BCUT2D eigenvalue weighted by Gasteiger charge is 2.46. The lowest BCUT2D eigenvalue weighted by molar-refractivity contribution is -0.838. The van der Waals surface area contributed by atoms with Gasteiger partial charge in [-0.3, -0.25) is 9.08 Å². The van der Waals surface area contributed by atoms with Gasteiger partial charge in [-0.15, -0.1) is 0 Å². The Labute approximate surface area is 242 Å². The zero-order valence-corrected chi connectivity index (χ0v) is 22.7. The van der Waals surface area contributed by atoms with E-state index in [1.807, 2.05) is 0 Å². The number of phenols is 1. The van der Waals surface area contributed by atoms with E-state index in [1.54, 1.807) is 0 Å². The molecule has 0 aliphatic carbocycles. The second-order valence-corrected chi connectivity index (χ2v) is 11.1. The van der Waals surface area contributed by atoms with Gasteiger partial charge in [0.25, 0.3) is 0 Å². The zero-order chi connectivity index (χ0) is 31.8. The summed E-state index contributed by atoms with van der Waals surface area (Å²) in [5, 5.41) is 72.1. The quantitative estimate of drug-likeness (QED) is 0.0875. The Kier molecular flexibility index (Phi) is 9.27. The largest absolute Gasteiger partial charge is 0.726 e. The molecule has 1 aromatic rings. The van der Waals surface area contributed by atoms with Crippen molar-refractivity contribution in [2.75, 3.05) is 13.2 Å². The summed E-state index contributed by atoms with van der Waals surface area (Å²) >= 11 is 0. The lowest BCUT2D eigenvalue weighted by atomic mass is 9.99. The minimum absolute atomic E-state index is 0.0342. The number of aromatic hydroxyl groups is 1. The van der Waals surface area contributed by atoms with E-state index >= 15 is 0 Å². The minimum atomic E-state index is -5.19. The predicted molar refractivity (Wildman–Crippen MR) is 135 cm³/mol. The molecule has 19 heteroatoms. The molecule has 43 heavy (non-hydrogen) atoms. The summed E-state index contributed by atoms with van der Waals surface area (Å²) in [7, 11) is -5.19. The maximum Gasteiger partial charge on any atom is 0.363 e. The Balaban J connectivity index is 1.57. The number of hydrogen-bond acceptors (Lipinski definition) is 14. The predicted octanol–water partition coefficient (Wildman–Crippen LogP) is -4.08. The second-order valence-electron chi connectivity index (χ2n) is 10.0. The van der Waals surface area contributed by atoms with Gasteiger partial charge < -0.3 is 55.1 Å². The third-order valence-corrected chi connectivity index (χ3v) is 7.60. The molecule has 3 heterocycles. The first kappa shape index (κ1) is 32.1. The van der Waals surface area contributed by atoms with E-state index in [-0.39, 0.29) is 30.8 Å². The number of carboxylic acid groups (broad SMARTS) is 3. The molecule has 1 aromatic carbocycles. The van der Waals surface area contributed by atoms with Gasteiger partial charge >= 0.3 is 17.9 Å². The highest BCUT2D eigenvalue weighted by Crippen LogP contribution is 2.36. The number of carboxylic acids is 3. The molecule has 18 nitrogen and oxygen atoms in total. The van der Waals surface area contributed by atoms with Crippen LogP contribution in [0.4, 0.5) is 5.69 Å². The minimum Gasteiger partial charge on any atom is -0.726 e. The summed E-state index contributed by atoms with van der Waals surface area (Å²) in [6.07, 6.45) is -6.55. The summed E-state index contributed by atoms with van der Waals surface area (Å²) in [4.78, 5) is 35.3. The number of quaternary nitrogens is 1. The first-order valence-corrected chi connectivity index (χ1v) is 13.9. The van der Waals surface area contributed by atoms with Crippen molar-refractivity contribution in [1.82, 2.24) is 5.32 Å². The van der Waals surface area contributed by atoms with Gasteiger partial charge in [0.15, 0.2) is 17.5 Å². The Morgan fingerprint density at radius 3 is 2.37 bits per heavy atom. The highest BCUT2D eigenvalue weighted by molar-refractivity contribution is 7.80. The lowest BCUT2D eigenvalue weighted by Gasteiger charge is -2.40. The molecule has 3 aliphatic rings. The molecule has 1 saturated heterocycles. The van der Waals surface area contributed by atoms with Crippen molar-refractivity contribution < 1.29 is 81.7 Å². The molecule has 4 rings (SSSR count). The van der Waals surface area contributed by atoms with Gasteiger partial charge in [-0.25, -0.2) is 22.8 Å². The van der Waals surface area contributed by atoms with Crippen LogP contribution in [0.15, 0.2) is 35.6 Å². The smallest absolute Gasteiger partial charge is 0.363 e. The fourth-order valence-electron chi connectivity index (χ4n) is 5.04. The van der Waals surface area contributed by atoms with E-state index in [1.165, 1.54) is 24.3 Å². The SMILES string of the molecule is O=C(O)C1=CC(=CC[NH+]2c3cc(O)c(O[C@H]4O[C@H](COS(=O)(=O)[O-])[C@@H](O)[C@H](O)[C@H]4O)cc3C[C@H]2C(=O)O)C[C@H](C(=O)O)N1. The number of ether oxygens (including phenoxy) is 2. The molecule has 0 bridgehead atoms. The van der Waals surface area contributed by atoms with Crippen LogP contribution in [0.5, 0.6) is 11.5 Å². The van der Waals surface area contributed by atoms with Gasteiger partial charge in [0.2, 0.25) is 16.7 Å². The molecule has 1 fully saturated rings. The number of nitrogens with one attached hydrogen (secondary N) is 2. The number of rotatable bonds is 10. The van der Waals surface area contributed by atoms with Gasteiger partial charge in [-0.2, -0.15) is 0 Å². The van der Waals surface area contributed by atoms with Gasteiger partial charge in [-0.05, 0) is 23.8 Å². The summed E-state index contributed by atoms with van der Waals surface area (Å²) in [5.41, 5.74) is 0.703. The average Bonchev–Trinajstić information content (AvgIpc) is 3.28. The van der Waals surface area contributed by atoms with Crippen LogP contribution in [0.1, 0.15) is 12.0 Å². The van der Waals surface area contributed by atoms with Crippen LogP contribution in [0, 0.1) is 0 Å². The molecule has 3 aliphatic heterocycles. The molecule has 0 aromatic heterocycles. The van der Waals surface area contributed by atoms with Gasteiger partial charge in [0.1, 0.15) is 48.4 Å². The van der Waals surface area contributed by atoms with Crippen LogP contribution >= 0.6 is 0 Å². The number of phenolic OH excluding ortho intramolecular Hbond substituents is 1.